The van der Waals surface area contributed by atoms with E-state index in [1.54, 1.807) is 17.7 Å². The third-order valence-electron chi connectivity index (χ3n) is 8.81. The first kappa shape index (κ1) is 43.9. The molecular formula is C38H58FN6O5P. The molecule has 0 aliphatic rings. The first-order valence-corrected chi connectivity index (χ1v) is 19.5. The summed E-state index contributed by atoms with van der Waals surface area (Å²) in [5.41, 5.74) is 8.49. The number of aryl methyl sites for hydroxylation is 1. The minimum Gasteiger partial charge on any atom is -0.382 e. The van der Waals surface area contributed by atoms with Crippen molar-refractivity contribution in [1.29, 1.82) is 10.5 Å². The Morgan fingerprint density at radius 1 is 0.902 bits per heavy atom. The minimum absolute atomic E-state index is 0.135. The lowest BCUT2D eigenvalue weighted by Gasteiger charge is -2.21. The number of methoxy groups -OCH3 is 1. The van der Waals surface area contributed by atoms with Crippen molar-refractivity contribution < 1.29 is 27.8 Å². The fourth-order valence-corrected chi connectivity index (χ4v) is 6.56. The molecule has 1 aromatic carbocycles. The number of hydrogen-bond acceptors (Lipinski definition) is 10. The molecule has 3 aromatic rings. The van der Waals surface area contributed by atoms with Crippen molar-refractivity contribution in [2.45, 2.75) is 135 Å². The third kappa shape index (κ3) is 18.2. The Morgan fingerprint density at radius 3 is 2.12 bits per heavy atom. The Balaban J connectivity index is 0.00000442. The van der Waals surface area contributed by atoms with Gasteiger partial charge in [0.15, 0.2) is 5.82 Å². The Bertz CT molecular complexity index is 1420. The van der Waals surface area contributed by atoms with Crippen molar-refractivity contribution >= 4 is 19.9 Å². The van der Waals surface area contributed by atoms with Gasteiger partial charge in [-0.25, -0.2) is 19.2 Å². The van der Waals surface area contributed by atoms with Crippen LogP contribution in [0.25, 0.3) is 5.52 Å². The van der Waals surface area contributed by atoms with E-state index in [0.717, 1.165) is 30.5 Å². The van der Waals surface area contributed by atoms with E-state index in [1.165, 1.54) is 95.5 Å². The molecule has 0 saturated carbocycles. The number of benzene rings is 1. The van der Waals surface area contributed by atoms with Crippen molar-refractivity contribution in [3.8, 4) is 12.6 Å². The summed E-state index contributed by atoms with van der Waals surface area (Å²) in [7, 11) is -0.554. The van der Waals surface area contributed by atoms with Gasteiger partial charge in [-0.05, 0) is 55.2 Å². The molecule has 0 amide bonds. The van der Waals surface area contributed by atoms with E-state index in [1.807, 2.05) is 18.2 Å². The summed E-state index contributed by atoms with van der Waals surface area (Å²) in [6.07, 6.45) is 20.8. The van der Waals surface area contributed by atoms with Gasteiger partial charge in [-0.2, -0.15) is 10.4 Å². The average molecular weight is 729 g/mol. The van der Waals surface area contributed by atoms with Crippen molar-refractivity contribution in [1.82, 2.24) is 14.6 Å². The standard InChI is InChI=1S/C37H57FN5O5P.CHN/c1-3-4-5-6-7-8-9-10-11-12-13-14-15-16-17-35(46-26-31-22-30(25-39)23-32(38)24-31)28-48-49(44)47-27-34(45-2)20-18-33-19-21-36-37(40)41-29-42-43(33)36;1-2/h19,21-24,29,34-35,44H,3-18,20,26-28H2,1-2H3,(H2,40,41,42);1H. The molecule has 0 aliphatic heterocycles. The predicted octanol–water partition coefficient (Wildman–Crippen LogP) is 9.12. The molecule has 0 radical (unpaired) electrons. The molecular weight excluding hydrogens is 670 g/mol. The van der Waals surface area contributed by atoms with Crippen molar-refractivity contribution in [2.24, 2.45) is 0 Å². The second-order valence-corrected chi connectivity index (χ2v) is 13.8. The highest BCUT2D eigenvalue weighted by Crippen LogP contribution is 2.34. The predicted molar refractivity (Wildman–Crippen MR) is 199 cm³/mol. The van der Waals surface area contributed by atoms with Gasteiger partial charge in [-0.3, -0.25) is 0 Å². The van der Waals surface area contributed by atoms with Crippen LogP contribution in [0.5, 0.6) is 0 Å². The van der Waals surface area contributed by atoms with Crippen LogP contribution in [0, 0.1) is 29.0 Å². The normalized spacial score (nSPS) is 13.0. The SMILES string of the molecule is C#N.CCCCCCCCCCCCCCCCC(COP(O)OCC(CCc1ccc2c(N)ncnn12)OC)OCc1cc(F)cc(C#N)c1. The first-order valence-electron chi connectivity index (χ1n) is 18.3. The largest absolute Gasteiger partial charge is 0.382 e. The van der Waals surface area contributed by atoms with Crippen LogP contribution in [0.1, 0.15) is 126 Å². The highest BCUT2D eigenvalue weighted by atomic mass is 31.2. The van der Waals surface area contributed by atoms with Gasteiger partial charge in [0.25, 0.3) is 0 Å². The number of nitrogens with two attached hydrogens (primary N) is 1. The maximum atomic E-state index is 14.0. The van der Waals surface area contributed by atoms with Gasteiger partial charge >= 0.3 is 8.60 Å². The molecule has 0 bridgehead atoms. The molecule has 2 heterocycles. The maximum Gasteiger partial charge on any atom is 0.330 e. The number of ether oxygens (including phenoxy) is 2. The van der Waals surface area contributed by atoms with Crippen molar-refractivity contribution in [3.63, 3.8) is 0 Å². The summed E-state index contributed by atoms with van der Waals surface area (Å²) < 4.78 is 38.8. The summed E-state index contributed by atoms with van der Waals surface area (Å²) in [6.45, 7) is 6.19. The van der Waals surface area contributed by atoms with E-state index in [-0.39, 0.29) is 37.6 Å². The van der Waals surface area contributed by atoms with Gasteiger partial charge in [0, 0.05) is 19.4 Å². The molecule has 2 aromatic heterocycles. The Morgan fingerprint density at radius 2 is 1.51 bits per heavy atom. The number of fused-ring (bicyclic) bond motifs is 1. The second-order valence-electron chi connectivity index (χ2n) is 12.8. The molecule has 3 atom stereocenters. The van der Waals surface area contributed by atoms with Gasteiger partial charge < -0.3 is 29.1 Å². The van der Waals surface area contributed by atoms with Gasteiger partial charge in [0.05, 0.1) is 43.7 Å². The number of nitrogens with zero attached hydrogens (tertiary/aromatic N) is 5. The van der Waals surface area contributed by atoms with E-state index >= 15 is 0 Å². The summed E-state index contributed by atoms with van der Waals surface area (Å²) in [5.74, 6) is -0.0506. The Labute approximate surface area is 305 Å². The quantitative estimate of drug-likeness (QED) is 0.0545. The molecule has 3 unspecified atom stereocenters. The Hall–Kier alpha value is -3.22. The van der Waals surface area contributed by atoms with Crippen LogP contribution in [0.4, 0.5) is 10.2 Å². The zero-order valence-electron chi connectivity index (χ0n) is 30.6. The number of hydrogen-bond donors (Lipinski definition) is 2. The van der Waals surface area contributed by atoms with E-state index < -0.39 is 14.4 Å². The summed E-state index contributed by atoms with van der Waals surface area (Å²) in [6, 6.07) is 10.0. The molecule has 0 aliphatic carbocycles. The van der Waals surface area contributed by atoms with E-state index in [9.17, 15) is 14.5 Å². The van der Waals surface area contributed by atoms with E-state index in [4.69, 9.17) is 29.5 Å². The van der Waals surface area contributed by atoms with Crippen molar-refractivity contribution in [2.75, 3.05) is 26.1 Å². The lowest BCUT2D eigenvalue weighted by molar-refractivity contribution is -0.00535. The highest BCUT2D eigenvalue weighted by Gasteiger charge is 2.18. The second kappa shape index (κ2) is 27.4. The van der Waals surface area contributed by atoms with Crippen LogP contribution in [0.3, 0.4) is 0 Å². The molecule has 0 spiro atoms. The number of anilines is 1. The van der Waals surface area contributed by atoms with Gasteiger partial charge in [-0.1, -0.05) is 96.8 Å². The molecule has 0 fully saturated rings. The molecule has 13 heteroatoms. The number of nitriles is 2. The number of nitrogen functional groups attached to an aromatic ring is 1. The average Bonchev–Trinajstić information content (AvgIpc) is 3.57. The third-order valence-corrected chi connectivity index (χ3v) is 9.55. The topological polar surface area (TPSA) is 161 Å². The van der Waals surface area contributed by atoms with Crippen LogP contribution < -0.4 is 5.73 Å². The number of rotatable bonds is 28. The Kier molecular flexibility index (Phi) is 23.6. The molecule has 51 heavy (non-hydrogen) atoms. The zero-order chi connectivity index (χ0) is 37.1. The van der Waals surface area contributed by atoms with Crippen LogP contribution in [-0.4, -0.2) is 52.0 Å². The van der Waals surface area contributed by atoms with E-state index in [2.05, 4.69) is 23.6 Å². The minimum atomic E-state index is -2.16. The number of unbranched alkanes of at least 4 members (excludes halogenated alkanes) is 13. The van der Waals surface area contributed by atoms with E-state index in [0.29, 0.717) is 24.2 Å². The van der Waals surface area contributed by atoms with Gasteiger partial charge in [0.2, 0.25) is 0 Å². The molecule has 3 rings (SSSR count). The summed E-state index contributed by atoms with van der Waals surface area (Å²) in [5, 5.41) is 20.0. The number of halogens is 1. The van der Waals surface area contributed by atoms with Gasteiger partial charge in [-0.15, -0.1) is 0 Å². The fraction of sp³-hybridized carbons (Fsp3) is 0.632. The van der Waals surface area contributed by atoms with Gasteiger partial charge in [0.1, 0.15) is 17.7 Å². The molecule has 0 saturated heterocycles. The maximum absolute atomic E-state index is 14.0. The van der Waals surface area contributed by atoms with Crippen LogP contribution in [-0.2, 0) is 31.5 Å². The molecule has 11 nitrogen and oxygen atoms in total. The number of aromatic nitrogens is 3. The smallest absolute Gasteiger partial charge is 0.330 e. The molecule has 282 valence electrons. The zero-order valence-corrected chi connectivity index (χ0v) is 31.5. The molecule has 3 N–H and O–H groups in total. The first-order chi connectivity index (χ1) is 24.9. The lowest BCUT2D eigenvalue weighted by Crippen LogP contribution is -2.21. The van der Waals surface area contributed by atoms with Crippen LogP contribution in [0.15, 0.2) is 36.7 Å². The lowest BCUT2D eigenvalue weighted by atomic mass is 10.0. The summed E-state index contributed by atoms with van der Waals surface area (Å²) >= 11 is 0. The highest BCUT2D eigenvalue weighted by molar-refractivity contribution is 7.40. The fourth-order valence-electron chi connectivity index (χ4n) is 5.90. The monoisotopic (exact) mass is 728 g/mol. The van der Waals surface area contributed by atoms with Crippen LogP contribution in [0.2, 0.25) is 0 Å². The van der Waals surface area contributed by atoms with Crippen LogP contribution >= 0.6 is 8.60 Å². The summed E-state index contributed by atoms with van der Waals surface area (Å²) in [4.78, 5) is 14.6. The van der Waals surface area contributed by atoms with Crippen molar-refractivity contribution in [3.05, 3.63) is 59.3 Å².